The molecule has 138 valence electrons. The standard InChI is InChI=1S/C18H21N3O5/c1-5-20-12(4)15(11(3)16(20)18(23)26-6-2)17(22)19-13-8-7-9-14(10-13)21(24)25/h7-10H,5-6H2,1-4H3,(H,19,22). The topological polar surface area (TPSA) is 103 Å². The summed E-state index contributed by atoms with van der Waals surface area (Å²) < 4.78 is 6.83. The summed E-state index contributed by atoms with van der Waals surface area (Å²) in [5.74, 6) is -0.914. The van der Waals surface area contributed by atoms with E-state index in [2.05, 4.69) is 5.32 Å². The molecule has 1 N–H and O–H groups in total. The molecule has 1 heterocycles. The number of benzene rings is 1. The molecular formula is C18H21N3O5. The minimum absolute atomic E-state index is 0.116. The van der Waals surface area contributed by atoms with Crippen LogP contribution in [0.4, 0.5) is 11.4 Å². The second-order valence-electron chi connectivity index (χ2n) is 5.66. The largest absolute Gasteiger partial charge is 0.461 e. The van der Waals surface area contributed by atoms with E-state index >= 15 is 0 Å². The number of nitro groups is 1. The fraction of sp³-hybridized carbons (Fsp3) is 0.333. The summed E-state index contributed by atoms with van der Waals surface area (Å²) in [4.78, 5) is 35.4. The molecule has 8 heteroatoms. The molecule has 0 bridgehead atoms. The number of hydrogen-bond acceptors (Lipinski definition) is 5. The van der Waals surface area contributed by atoms with Crippen LogP contribution in [0.25, 0.3) is 0 Å². The molecule has 0 aliphatic heterocycles. The number of nitrogens with one attached hydrogen (secondary N) is 1. The van der Waals surface area contributed by atoms with Gasteiger partial charge >= 0.3 is 5.97 Å². The maximum atomic E-state index is 12.8. The highest BCUT2D eigenvalue weighted by molar-refractivity contribution is 6.08. The summed E-state index contributed by atoms with van der Waals surface area (Å²) in [5, 5.41) is 13.5. The van der Waals surface area contributed by atoms with E-state index in [4.69, 9.17) is 4.74 Å². The first-order valence-corrected chi connectivity index (χ1v) is 8.24. The molecule has 0 saturated heterocycles. The molecule has 0 aliphatic rings. The van der Waals surface area contributed by atoms with Gasteiger partial charge in [0.05, 0.1) is 17.1 Å². The van der Waals surface area contributed by atoms with Crippen LogP contribution >= 0.6 is 0 Å². The predicted molar refractivity (Wildman–Crippen MR) is 96.6 cm³/mol. The summed E-state index contributed by atoms with van der Waals surface area (Å²) >= 11 is 0. The molecule has 8 nitrogen and oxygen atoms in total. The number of carbonyl (C=O) groups excluding carboxylic acids is 2. The van der Waals surface area contributed by atoms with Gasteiger partial charge < -0.3 is 14.6 Å². The quantitative estimate of drug-likeness (QED) is 0.483. The fourth-order valence-corrected chi connectivity index (χ4v) is 2.98. The Bertz CT molecular complexity index is 870. The Labute approximate surface area is 150 Å². The molecule has 0 radical (unpaired) electrons. The van der Waals surface area contributed by atoms with E-state index in [-0.39, 0.29) is 12.3 Å². The van der Waals surface area contributed by atoms with Crippen molar-refractivity contribution in [1.29, 1.82) is 0 Å². The van der Waals surface area contributed by atoms with Gasteiger partial charge in [-0.05, 0) is 39.3 Å². The highest BCUT2D eigenvalue weighted by Gasteiger charge is 2.26. The number of ether oxygens (including phenoxy) is 1. The van der Waals surface area contributed by atoms with Crippen LogP contribution in [0.15, 0.2) is 24.3 Å². The van der Waals surface area contributed by atoms with Crippen molar-refractivity contribution in [2.24, 2.45) is 0 Å². The maximum absolute atomic E-state index is 12.8. The van der Waals surface area contributed by atoms with Gasteiger partial charge in [0.1, 0.15) is 5.69 Å². The van der Waals surface area contributed by atoms with Crippen molar-refractivity contribution in [3.05, 3.63) is 56.9 Å². The third-order valence-electron chi connectivity index (χ3n) is 4.09. The van der Waals surface area contributed by atoms with Crippen LogP contribution < -0.4 is 5.32 Å². The molecule has 1 amide bonds. The van der Waals surface area contributed by atoms with E-state index in [1.807, 2.05) is 6.92 Å². The Morgan fingerprint density at radius 3 is 2.54 bits per heavy atom. The molecule has 0 fully saturated rings. The van der Waals surface area contributed by atoms with Crippen LogP contribution in [-0.4, -0.2) is 28.0 Å². The molecule has 2 aromatic rings. The Hall–Kier alpha value is -3.16. The number of esters is 1. The van der Waals surface area contributed by atoms with Gasteiger partial charge in [0.2, 0.25) is 0 Å². The Morgan fingerprint density at radius 2 is 1.96 bits per heavy atom. The lowest BCUT2D eigenvalue weighted by atomic mass is 10.1. The first-order chi connectivity index (χ1) is 12.3. The van der Waals surface area contributed by atoms with E-state index in [1.165, 1.54) is 18.2 Å². The van der Waals surface area contributed by atoms with Gasteiger partial charge in [-0.25, -0.2) is 4.79 Å². The number of aromatic nitrogens is 1. The van der Waals surface area contributed by atoms with Crippen molar-refractivity contribution in [2.75, 3.05) is 11.9 Å². The molecule has 1 aromatic carbocycles. The van der Waals surface area contributed by atoms with Crippen LogP contribution in [0.5, 0.6) is 0 Å². The first-order valence-electron chi connectivity index (χ1n) is 8.24. The first kappa shape index (κ1) is 19.2. The van der Waals surface area contributed by atoms with Crippen LogP contribution in [0.3, 0.4) is 0 Å². The average Bonchev–Trinajstić information content (AvgIpc) is 2.85. The summed E-state index contributed by atoms with van der Waals surface area (Å²) in [5.41, 5.74) is 2.05. The second kappa shape index (κ2) is 7.81. The number of carbonyl (C=O) groups is 2. The molecule has 0 atom stereocenters. The highest BCUT2D eigenvalue weighted by Crippen LogP contribution is 2.25. The number of nitrogens with zero attached hydrogens (tertiary/aromatic N) is 2. The zero-order chi connectivity index (χ0) is 19.4. The lowest BCUT2D eigenvalue weighted by molar-refractivity contribution is -0.384. The zero-order valence-corrected chi connectivity index (χ0v) is 15.2. The fourth-order valence-electron chi connectivity index (χ4n) is 2.98. The monoisotopic (exact) mass is 359 g/mol. The van der Waals surface area contributed by atoms with E-state index < -0.39 is 16.8 Å². The van der Waals surface area contributed by atoms with Gasteiger partial charge in [-0.2, -0.15) is 0 Å². The van der Waals surface area contributed by atoms with Gasteiger partial charge in [-0.3, -0.25) is 14.9 Å². The van der Waals surface area contributed by atoms with Gasteiger partial charge in [-0.1, -0.05) is 6.07 Å². The van der Waals surface area contributed by atoms with E-state index in [0.717, 1.165) is 0 Å². The van der Waals surface area contributed by atoms with Gasteiger partial charge in [0.15, 0.2) is 0 Å². The number of amides is 1. The second-order valence-corrected chi connectivity index (χ2v) is 5.66. The number of anilines is 1. The SMILES string of the molecule is CCOC(=O)c1c(C)c(C(=O)Nc2cccc([N+](=O)[O-])c2)c(C)n1CC. The predicted octanol–water partition coefficient (Wildman–Crippen LogP) is 3.46. The van der Waals surface area contributed by atoms with Crippen molar-refractivity contribution in [3.8, 4) is 0 Å². The third-order valence-corrected chi connectivity index (χ3v) is 4.09. The molecule has 0 aliphatic carbocycles. The van der Waals surface area contributed by atoms with Crippen molar-refractivity contribution in [3.63, 3.8) is 0 Å². The van der Waals surface area contributed by atoms with E-state index in [1.54, 1.807) is 31.4 Å². The highest BCUT2D eigenvalue weighted by atomic mass is 16.6. The Balaban J connectivity index is 2.42. The Kier molecular flexibility index (Phi) is 5.76. The van der Waals surface area contributed by atoms with Crippen LogP contribution in [0.2, 0.25) is 0 Å². The number of hydrogen-bond donors (Lipinski definition) is 1. The number of nitro benzene ring substituents is 1. The molecule has 0 unspecified atom stereocenters. The molecule has 26 heavy (non-hydrogen) atoms. The van der Waals surface area contributed by atoms with Crippen LogP contribution in [0, 0.1) is 24.0 Å². The van der Waals surface area contributed by atoms with E-state index in [9.17, 15) is 19.7 Å². The van der Waals surface area contributed by atoms with Crippen molar-refractivity contribution < 1.29 is 19.2 Å². The van der Waals surface area contributed by atoms with Crippen molar-refractivity contribution >= 4 is 23.3 Å². The van der Waals surface area contributed by atoms with Gasteiger partial charge in [-0.15, -0.1) is 0 Å². The number of rotatable bonds is 6. The molecule has 0 saturated carbocycles. The molecule has 0 spiro atoms. The summed E-state index contributed by atoms with van der Waals surface area (Å²) in [6, 6.07) is 5.69. The maximum Gasteiger partial charge on any atom is 0.355 e. The van der Waals surface area contributed by atoms with E-state index in [0.29, 0.717) is 34.7 Å². The van der Waals surface area contributed by atoms with Gasteiger partial charge in [0.25, 0.3) is 11.6 Å². The minimum Gasteiger partial charge on any atom is -0.461 e. The average molecular weight is 359 g/mol. The zero-order valence-electron chi connectivity index (χ0n) is 15.2. The smallest absolute Gasteiger partial charge is 0.355 e. The van der Waals surface area contributed by atoms with Gasteiger partial charge in [0, 0.05) is 30.1 Å². The third kappa shape index (κ3) is 3.58. The van der Waals surface area contributed by atoms with Crippen LogP contribution in [-0.2, 0) is 11.3 Å². The summed E-state index contributed by atoms with van der Waals surface area (Å²) in [6.07, 6.45) is 0. The Morgan fingerprint density at radius 1 is 1.27 bits per heavy atom. The van der Waals surface area contributed by atoms with Crippen molar-refractivity contribution in [2.45, 2.75) is 34.2 Å². The number of non-ortho nitro benzene ring substituents is 1. The lowest BCUT2D eigenvalue weighted by Crippen LogP contribution is -2.14. The normalized spacial score (nSPS) is 10.5. The molecule has 2 rings (SSSR count). The molecule has 1 aromatic heterocycles. The summed E-state index contributed by atoms with van der Waals surface area (Å²) in [7, 11) is 0. The lowest BCUT2D eigenvalue weighted by Gasteiger charge is -2.08. The van der Waals surface area contributed by atoms with Crippen molar-refractivity contribution in [1.82, 2.24) is 4.57 Å². The van der Waals surface area contributed by atoms with Crippen LogP contribution in [0.1, 0.15) is 46.0 Å². The minimum atomic E-state index is -0.529. The molecular weight excluding hydrogens is 338 g/mol. The summed E-state index contributed by atoms with van der Waals surface area (Å²) in [6.45, 7) is 7.77.